The number of aryl methyl sites for hydroxylation is 1. The zero-order valence-electron chi connectivity index (χ0n) is 15.0. The van der Waals surface area contributed by atoms with Crippen LogP contribution in [0.15, 0.2) is 35.6 Å². The molecule has 2 aromatic rings. The summed E-state index contributed by atoms with van der Waals surface area (Å²) in [7, 11) is 3.58. The molecule has 0 radical (unpaired) electrons. The van der Waals surface area contributed by atoms with Gasteiger partial charge in [-0.05, 0) is 18.1 Å². The van der Waals surface area contributed by atoms with Crippen LogP contribution in [0, 0.1) is 11.6 Å². The minimum atomic E-state index is -0.820. The van der Waals surface area contributed by atoms with Crippen molar-refractivity contribution in [3.05, 3.63) is 53.4 Å². The van der Waals surface area contributed by atoms with Crippen LogP contribution in [-0.2, 0) is 18.2 Å². The van der Waals surface area contributed by atoms with Gasteiger partial charge in [-0.2, -0.15) is 5.10 Å². The van der Waals surface area contributed by atoms with Crippen molar-refractivity contribution in [1.82, 2.24) is 20.0 Å². The average Bonchev–Trinajstić information content (AvgIpc) is 3.09. The van der Waals surface area contributed by atoms with Crippen LogP contribution in [-0.4, -0.2) is 53.9 Å². The molecule has 6 nitrogen and oxygen atoms in total. The summed E-state index contributed by atoms with van der Waals surface area (Å²) in [6.07, 6.45) is 4.05. The second kappa shape index (κ2) is 8.27. The smallest absolute Gasteiger partial charge is 0.193 e. The predicted octanol–water partition coefficient (Wildman–Crippen LogP) is 1.89. The fraction of sp³-hybridized carbons (Fsp3) is 0.444. The van der Waals surface area contributed by atoms with Gasteiger partial charge in [0.1, 0.15) is 6.10 Å². The zero-order valence-corrected chi connectivity index (χ0v) is 15.0. The molecule has 1 aliphatic rings. The van der Waals surface area contributed by atoms with Crippen molar-refractivity contribution in [3.8, 4) is 0 Å². The summed E-state index contributed by atoms with van der Waals surface area (Å²) in [6, 6.07) is 4.23. The highest BCUT2D eigenvalue weighted by molar-refractivity contribution is 5.80. The van der Waals surface area contributed by atoms with Crippen molar-refractivity contribution in [2.45, 2.75) is 12.5 Å². The van der Waals surface area contributed by atoms with Crippen LogP contribution in [0.3, 0.4) is 0 Å². The molecular formula is C18H23F2N5O. The molecule has 1 aliphatic heterocycles. The molecule has 0 spiro atoms. The van der Waals surface area contributed by atoms with E-state index < -0.39 is 11.6 Å². The van der Waals surface area contributed by atoms with Gasteiger partial charge in [-0.15, -0.1) is 0 Å². The Labute approximate surface area is 151 Å². The van der Waals surface area contributed by atoms with Crippen LogP contribution < -0.4 is 5.32 Å². The number of benzene rings is 1. The van der Waals surface area contributed by atoms with Crippen LogP contribution in [0.5, 0.6) is 0 Å². The number of aliphatic imine (C=N–C) groups is 1. The molecule has 8 heteroatoms. The van der Waals surface area contributed by atoms with E-state index in [2.05, 4.69) is 20.3 Å². The Hall–Kier alpha value is -2.48. The van der Waals surface area contributed by atoms with E-state index in [1.54, 1.807) is 24.0 Å². The molecule has 3 rings (SSSR count). The number of hydrogen-bond acceptors (Lipinski definition) is 3. The highest BCUT2D eigenvalue weighted by Gasteiger charge is 2.25. The van der Waals surface area contributed by atoms with Crippen molar-refractivity contribution in [3.63, 3.8) is 0 Å². The lowest BCUT2D eigenvalue weighted by molar-refractivity contribution is -0.00801. The second-order valence-corrected chi connectivity index (χ2v) is 6.19. The van der Waals surface area contributed by atoms with Gasteiger partial charge in [-0.25, -0.2) is 8.78 Å². The van der Waals surface area contributed by atoms with Crippen molar-refractivity contribution >= 4 is 5.96 Å². The third kappa shape index (κ3) is 4.19. The van der Waals surface area contributed by atoms with Crippen LogP contribution in [0.4, 0.5) is 8.78 Å². The summed E-state index contributed by atoms with van der Waals surface area (Å²) in [5.74, 6) is -0.884. The molecule has 0 saturated carbocycles. The molecule has 1 fully saturated rings. The number of nitrogens with zero attached hydrogens (tertiary/aromatic N) is 4. The predicted molar refractivity (Wildman–Crippen MR) is 94.9 cm³/mol. The van der Waals surface area contributed by atoms with E-state index in [0.29, 0.717) is 38.2 Å². The maximum Gasteiger partial charge on any atom is 0.193 e. The van der Waals surface area contributed by atoms with Crippen LogP contribution in [0.1, 0.15) is 17.2 Å². The van der Waals surface area contributed by atoms with Gasteiger partial charge >= 0.3 is 0 Å². The Morgan fingerprint density at radius 1 is 1.42 bits per heavy atom. The van der Waals surface area contributed by atoms with Gasteiger partial charge in [-0.3, -0.25) is 9.67 Å². The second-order valence-electron chi connectivity index (χ2n) is 6.19. The van der Waals surface area contributed by atoms with Crippen LogP contribution >= 0.6 is 0 Å². The fourth-order valence-corrected chi connectivity index (χ4v) is 3.03. The minimum Gasteiger partial charge on any atom is -0.370 e. The first-order valence-electron chi connectivity index (χ1n) is 8.57. The van der Waals surface area contributed by atoms with E-state index in [0.717, 1.165) is 17.6 Å². The van der Waals surface area contributed by atoms with Gasteiger partial charge in [0, 0.05) is 38.9 Å². The van der Waals surface area contributed by atoms with E-state index in [4.69, 9.17) is 4.74 Å². The minimum absolute atomic E-state index is 0.0725. The first kappa shape index (κ1) is 18.3. The first-order valence-corrected chi connectivity index (χ1v) is 8.57. The number of nitrogens with one attached hydrogen (secondary N) is 1. The molecule has 0 bridgehead atoms. The van der Waals surface area contributed by atoms with Crippen molar-refractivity contribution < 1.29 is 13.5 Å². The lowest BCUT2D eigenvalue weighted by Crippen LogP contribution is -2.48. The maximum atomic E-state index is 13.7. The number of aromatic nitrogens is 2. The van der Waals surface area contributed by atoms with Crippen LogP contribution in [0.25, 0.3) is 0 Å². The first-order chi connectivity index (χ1) is 12.6. The lowest BCUT2D eigenvalue weighted by atomic mass is 10.1. The summed E-state index contributed by atoms with van der Waals surface area (Å²) in [5.41, 5.74) is 1.37. The molecule has 26 heavy (non-hydrogen) atoms. The van der Waals surface area contributed by atoms with Crippen molar-refractivity contribution in [2.75, 3.05) is 33.3 Å². The fourth-order valence-electron chi connectivity index (χ4n) is 3.03. The maximum absolute atomic E-state index is 13.7. The third-order valence-electron chi connectivity index (χ3n) is 4.38. The quantitative estimate of drug-likeness (QED) is 0.666. The summed E-state index contributed by atoms with van der Waals surface area (Å²) >= 11 is 0. The van der Waals surface area contributed by atoms with Gasteiger partial charge in [0.2, 0.25) is 0 Å². The molecule has 140 valence electrons. The zero-order chi connectivity index (χ0) is 18.5. The standard InChI is InChI=1S/C18H23F2N5O/c1-21-18(22-7-6-13-4-3-5-15(19)17(13)20)25-8-9-26-16(12-25)14-10-23-24(2)11-14/h3-5,10-11,16H,6-9,12H2,1-2H3,(H,21,22). The van der Waals surface area contributed by atoms with Gasteiger partial charge < -0.3 is 15.0 Å². The van der Waals surface area contributed by atoms with E-state index in [1.807, 2.05) is 13.2 Å². The third-order valence-corrected chi connectivity index (χ3v) is 4.38. The Kier molecular flexibility index (Phi) is 5.82. The van der Waals surface area contributed by atoms with Gasteiger partial charge in [0.05, 0.1) is 19.3 Å². The highest BCUT2D eigenvalue weighted by Crippen LogP contribution is 2.21. The van der Waals surface area contributed by atoms with Gasteiger partial charge in [0.15, 0.2) is 17.6 Å². The molecule has 1 N–H and O–H groups in total. The molecule has 0 amide bonds. The summed E-state index contributed by atoms with van der Waals surface area (Å²) in [5, 5.41) is 7.41. The van der Waals surface area contributed by atoms with E-state index in [-0.39, 0.29) is 6.10 Å². The number of ether oxygens (including phenoxy) is 1. The molecule has 2 heterocycles. The molecule has 0 aliphatic carbocycles. The lowest BCUT2D eigenvalue weighted by Gasteiger charge is -2.34. The molecule has 1 aromatic heterocycles. The molecule has 1 atom stereocenters. The summed E-state index contributed by atoms with van der Waals surface area (Å²) in [6.45, 7) is 2.41. The highest BCUT2D eigenvalue weighted by atomic mass is 19.2. The summed E-state index contributed by atoms with van der Waals surface area (Å²) < 4.78 is 34.6. The summed E-state index contributed by atoms with van der Waals surface area (Å²) in [4.78, 5) is 6.40. The Morgan fingerprint density at radius 3 is 3.00 bits per heavy atom. The Balaban J connectivity index is 1.57. The molecule has 1 saturated heterocycles. The number of rotatable bonds is 4. The number of hydrogen-bond donors (Lipinski definition) is 1. The van der Waals surface area contributed by atoms with Crippen molar-refractivity contribution in [2.24, 2.45) is 12.0 Å². The largest absolute Gasteiger partial charge is 0.370 e. The number of halogens is 2. The monoisotopic (exact) mass is 363 g/mol. The van der Waals surface area contributed by atoms with Gasteiger partial charge in [0.25, 0.3) is 0 Å². The SMILES string of the molecule is CN=C(NCCc1cccc(F)c1F)N1CCOC(c2cnn(C)c2)C1. The number of morpholine rings is 1. The van der Waals surface area contributed by atoms with Gasteiger partial charge in [-0.1, -0.05) is 12.1 Å². The average molecular weight is 363 g/mol. The van der Waals surface area contributed by atoms with Crippen LogP contribution in [0.2, 0.25) is 0 Å². The Morgan fingerprint density at radius 2 is 2.27 bits per heavy atom. The van der Waals surface area contributed by atoms with E-state index >= 15 is 0 Å². The van der Waals surface area contributed by atoms with E-state index in [1.165, 1.54) is 6.07 Å². The van der Waals surface area contributed by atoms with Crippen molar-refractivity contribution in [1.29, 1.82) is 0 Å². The van der Waals surface area contributed by atoms with E-state index in [9.17, 15) is 8.78 Å². The topological polar surface area (TPSA) is 54.7 Å². The Bertz CT molecular complexity index is 777. The normalized spacial score (nSPS) is 18.2. The number of guanidine groups is 1. The molecular weight excluding hydrogens is 340 g/mol. The molecule has 1 aromatic carbocycles. The molecule has 1 unspecified atom stereocenters.